The Kier molecular flexibility index (Phi) is 5.34. The van der Waals surface area contributed by atoms with E-state index in [0.717, 1.165) is 17.2 Å². The summed E-state index contributed by atoms with van der Waals surface area (Å²) in [5, 5.41) is 0. The van der Waals surface area contributed by atoms with Crippen molar-refractivity contribution < 1.29 is 4.39 Å². The van der Waals surface area contributed by atoms with E-state index >= 15 is 0 Å². The molecule has 0 saturated carbocycles. The van der Waals surface area contributed by atoms with Crippen LogP contribution in [-0.4, -0.2) is 4.98 Å². The van der Waals surface area contributed by atoms with Gasteiger partial charge in [-0.2, -0.15) is 0 Å². The molecule has 2 aromatic rings. The molecule has 2 heteroatoms. The van der Waals surface area contributed by atoms with Crippen LogP contribution >= 0.6 is 0 Å². The molecule has 0 bridgehead atoms. The van der Waals surface area contributed by atoms with Gasteiger partial charge < -0.3 is 0 Å². The summed E-state index contributed by atoms with van der Waals surface area (Å²) in [5.74, 6) is 0.611. The SMILES string of the molecule is CC(C)C.Fc1ccc(-c2ccccn2)cc1. The maximum absolute atomic E-state index is 12.6. The van der Waals surface area contributed by atoms with Crippen molar-refractivity contribution in [3.05, 3.63) is 54.5 Å². The fourth-order valence-corrected chi connectivity index (χ4v) is 1.15. The molecule has 0 aliphatic heterocycles. The van der Waals surface area contributed by atoms with E-state index in [2.05, 4.69) is 25.8 Å². The number of rotatable bonds is 1. The fourth-order valence-electron chi connectivity index (χ4n) is 1.15. The molecule has 0 radical (unpaired) electrons. The third-order valence-electron chi connectivity index (χ3n) is 1.80. The van der Waals surface area contributed by atoms with Crippen molar-refractivity contribution in [2.45, 2.75) is 20.8 Å². The second-order valence-corrected chi connectivity index (χ2v) is 4.45. The maximum atomic E-state index is 12.6. The first-order chi connectivity index (χ1) is 8.09. The second-order valence-electron chi connectivity index (χ2n) is 4.45. The van der Waals surface area contributed by atoms with Crippen LogP contribution in [0.3, 0.4) is 0 Å². The molecule has 0 N–H and O–H groups in total. The van der Waals surface area contributed by atoms with Gasteiger partial charge in [0.2, 0.25) is 0 Å². The van der Waals surface area contributed by atoms with Crippen LogP contribution in [0.2, 0.25) is 0 Å². The summed E-state index contributed by atoms with van der Waals surface area (Å²) in [6.45, 7) is 6.50. The molecule has 0 fully saturated rings. The van der Waals surface area contributed by atoms with Crippen molar-refractivity contribution in [3.63, 3.8) is 0 Å². The van der Waals surface area contributed by atoms with Crippen molar-refractivity contribution >= 4 is 0 Å². The zero-order chi connectivity index (χ0) is 12.7. The minimum Gasteiger partial charge on any atom is -0.256 e. The highest BCUT2D eigenvalue weighted by Crippen LogP contribution is 2.15. The van der Waals surface area contributed by atoms with Crippen LogP contribution in [0.25, 0.3) is 11.3 Å². The molecule has 0 atom stereocenters. The zero-order valence-electron chi connectivity index (χ0n) is 10.5. The first-order valence-corrected chi connectivity index (χ1v) is 5.76. The molecule has 0 spiro atoms. The average Bonchev–Trinajstić information content (AvgIpc) is 2.30. The molecule has 1 aromatic carbocycles. The minimum absolute atomic E-state index is 0.223. The molecule has 1 nitrogen and oxygen atoms in total. The highest BCUT2D eigenvalue weighted by Gasteiger charge is 1.96. The monoisotopic (exact) mass is 231 g/mol. The first kappa shape index (κ1) is 13.4. The van der Waals surface area contributed by atoms with E-state index < -0.39 is 0 Å². The number of nitrogens with zero attached hydrogens (tertiary/aromatic N) is 1. The van der Waals surface area contributed by atoms with Gasteiger partial charge in [0.1, 0.15) is 5.82 Å². The van der Waals surface area contributed by atoms with E-state index in [4.69, 9.17) is 0 Å². The summed E-state index contributed by atoms with van der Waals surface area (Å²) in [7, 11) is 0. The van der Waals surface area contributed by atoms with Gasteiger partial charge >= 0.3 is 0 Å². The van der Waals surface area contributed by atoms with Crippen molar-refractivity contribution in [1.82, 2.24) is 4.98 Å². The molecule has 0 aliphatic rings. The van der Waals surface area contributed by atoms with Crippen LogP contribution in [-0.2, 0) is 0 Å². The van der Waals surface area contributed by atoms with Gasteiger partial charge in [-0.15, -0.1) is 0 Å². The van der Waals surface area contributed by atoms with Gasteiger partial charge in [-0.3, -0.25) is 4.98 Å². The lowest BCUT2D eigenvalue weighted by Crippen LogP contribution is -1.81. The summed E-state index contributed by atoms with van der Waals surface area (Å²) in [5.41, 5.74) is 1.80. The van der Waals surface area contributed by atoms with Gasteiger partial charge in [0, 0.05) is 11.8 Å². The number of aromatic nitrogens is 1. The van der Waals surface area contributed by atoms with Crippen LogP contribution in [0.15, 0.2) is 48.7 Å². The Balaban J connectivity index is 0.000000317. The summed E-state index contributed by atoms with van der Waals surface area (Å²) in [6.07, 6.45) is 1.72. The number of hydrogen-bond acceptors (Lipinski definition) is 1. The van der Waals surface area contributed by atoms with Crippen LogP contribution in [0.1, 0.15) is 20.8 Å². The fraction of sp³-hybridized carbons (Fsp3) is 0.267. The van der Waals surface area contributed by atoms with Crippen LogP contribution in [0, 0.1) is 11.7 Å². The van der Waals surface area contributed by atoms with Gasteiger partial charge in [0.05, 0.1) is 5.69 Å². The van der Waals surface area contributed by atoms with E-state index in [1.54, 1.807) is 18.3 Å². The van der Waals surface area contributed by atoms with Crippen molar-refractivity contribution in [3.8, 4) is 11.3 Å². The Bertz CT molecular complexity index is 418. The molecule has 0 amide bonds. The van der Waals surface area contributed by atoms with Crippen LogP contribution in [0.4, 0.5) is 4.39 Å². The Morgan fingerprint density at radius 3 is 2.00 bits per heavy atom. The highest BCUT2D eigenvalue weighted by molar-refractivity contribution is 5.58. The smallest absolute Gasteiger partial charge is 0.123 e. The summed E-state index contributed by atoms with van der Waals surface area (Å²) in [6, 6.07) is 12.0. The van der Waals surface area contributed by atoms with Crippen LogP contribution < -0.4 is 0 Å². The quantitative estimate of drug-likeness (QED) is 0.701. The lowest BCUT2D eigenvalue weighted by Gasteiger charge is -1.98. The van der Waals surface area contributed by atoms with Crippen molar-refractivity contribution in [1.29, 1.82) is 0 Å². The van der Waals surface area contributed by atoms with E-state index in [9.17, 15) is 4.39 Å². The topological polar surface area (TPSA) is 12.9 Å². The minimum atomic E-state index is -0.223. The lowest BCUT2D eigenvalue weighted by atomic mass is 10.1. The predicted molar refractivity (Wildman–Crippen MR) is 70.1 cm³/mol. The molecule has 1 aromatic heterocycles. The Labute approximate surface area is 102 Å². The van der Waals surface area contributed by atoms with E-state index in [-0.39, 0.29) is 5.82 Å². The molecule has 1 heterocycles. The summed E-state index contributed by atoms with van der Waals surface area (Å²) in [4.78, 5) is 4.16. The molecule has 0 aliphatic carbocycles. The molecular formula is C15H18FN. The number of pyridine rings is 1. The van der Waals surface area contributed by atoms with Crippen molar-refractivity contribution in [2.24, 2.45) is 5.92 Å². The van der Waals surface area contributed by atoms with Gasteiger partial charge in [-0.05, 0) is 42.3 Å². The van der Waals surface area contributed by atoms with Crippen molar-refractivity contribution in [2.75, 3.05) is 0 Å². The molecule has 0 saturated heterocycles. The number of benzene rings is 1. The summed E-state index contributed by atoms with van der Waals surface area (Å²) >= 11 is 0. The number of halogens is 1. The Morgan fingerprint density at radius 2 is 1.53 bits per heavy atom. The second kappa shape index (κ2) is 6.79. The third kappa shape index (κ3) is 5.25. The molecule has 17 heavy (non-hydrogen) atoms. The van der Waals surface area contributed by atoms with Gasteiger partial charge in [-0.1, -0.05) is 26.8 Å². The Hall–Kier alpha value is -1.70. The zero-order valence-corrected chi connectivity index (χ0v) is 10.5. The third-order valence-corrected chi connectivity index (χ3v) is 1.80. The number of hydrogen-bond donors (Lipinski definition) is 0. The van der Waals surface area contributed by atoms with Gasteiger partial charge in [-0.25, -0.2) is 4.39 Å². The predicted octanol–water partition coefficient (Wildman–Crippen LogP) is 4.55. The van der Waals surface area contributed by atoms with E-state index in [1.165, 1.54) is 12.1 Å². The molecule has 0 unspecified atom stereocenters. The Morgan fingerprint density at radius 1 is 0.941 bits per heavy atom. The lowest BCUT2D eigenvalue weighted by molar-refractivity contribution is 0.628. The van der Waals surface area contributed by atoms with Gasteiger partial charge in [0.25, 0.3) is 0 Å². The average molecular weight is 231 g/mol. The largest absolute Gasteiger partial charge is 0.256 e. The molecule has 90 valence electrons. The van der Waals surface area contributed by atoms with E-state index in [0.29, 0.717) is 0 Å². The first-order valence-electron chi connectivity index (χ1n) is 5.76. The molecule has 2 rings (SSSR count). The highest BCUT2D eigenvalue weighted by atomic mass is 19.1. The normalized spacial score (nSPS) is 9.71. The molecular weight excluding hydrogens is 213 g/mol. The standard InChI is InChI=1S/C11H8FN.C4H10/c12-10-6-4-9(5-7-10)11-3-1-2-8-13-11;1-4(2)3/h1-8H;4H,1-3H3. The summed E-state index contributed by atoms with van der Waals surface area (Å²) < 4.78 is 12.6. The maximum Gasteiger partial charge on any atom is 0.123 e. The van der Waals surface area contributed by atoms with E-state index in [1.807, 2.05) is 18.2 Å². The van der Waals surface area contributed by atoms with Crippen LogP contribution in [0.5, 0.6) is 0 Å². The van der Waals surface area contributed by atoms with Gasteiger partial charge in [0.15, 0.2) is 0 Å².